The number of carbonyl (C=O) groups excluding carboxylic acids is 2. The van der Waals surface area contributed by atoms with Crippen LogP contribution in [0.5, 0.6) is 5.75 Å². The molecule has 1 fully saturated rings. The second kappa shape index (κ2) is 10.8. The average molecular weight is 479 g/mol. The lowest BCUT2D eigenvalue weighted by atomic mass is 9.84. The van der Waals surface area contributed by atoms with Gasteiger partial charge in [-0.2, -0.15) is 0 Å². The fourth-order valence-electron chi connectivity index (χ4n) is 4.88. The Morgan fingerprint density at radius 3 is 2.54 bits per heavy atom. The van der Waals surface area contributed by atoms with Crippen molar-refractivity contribution in [2.75, 3.05) is 27.2 Å². The van der Waals surface area contributed by atoms with E-state index in [0.717, 1.165) is 12.8 Å². The van der Waals surface area contributed by atoms with Gasteiger partial charge in [-0.1, -0.05) is 24.3 Å². The number of halogens is 1. The average Bonchev–Trinajstić information content (AvgIpc) is 3.32. The molecule has 1 aliphatic rings. The fraction of sp³-hybridized carbons (Fsp3) is 0.357. The summed E-state index contributed by atoms with van der Waals surface area (Å²) < 4.78 is 25.1. The van der Waals surface area contributed by atoms with Gasteiger partial charge in [-0.15, -0.1) is 0 Å². The molecule has 0 spiro atoms. The van der Waals surface area contributed by atoms with Gasteiger partial charge in [-0.05, 0) is 68.0 Å². The molecule has 1 aromatic heterocycles. The molecular weight excluding hydrogens is 447 g/mol. The quantitative estimate of drug-likeness (QED) is 0.481. The van der Waals surface area contributed by atoms with Crippen LogP contribution in [-0.4, -0.2) is 54.9 Å². The van der Waals surface area contributed by atoms with Crippen molar-refractivity contribution in [2.45, 2.75) is 32.2 Å². The van der Waals surface area contributed by atoms with E-state index in [2.05, 4.69) is 0 Å². The lowest BCUT2D eigenvalue weighted by molar-refractivity contribution is 0.0520. The predicted octanol–water partition coefficient (Wildman–Crippen LogP) is 4.97. The number of likely N-dealkylation sites (tertiary alicyclic amines) is 1. The maximum absolute atomic E-state index is 14.6. The smallest absolute Gasteiger partial charge is 0.257 e. The highest BCUT2D eigenvalue weighted by atomic mass is 19.1. The molecule has 2 amide bonds. The Morgan fingerprint density at radius 2 is 1.89 bits per heavy atom. The van der Waals surface area contributed by atoms with Crippen LogP contribution in [0.25, 0.3) is 0 Å². The van der Waals surface area contributed by atoms with E-state index in [1.165, 1.54) is 12.3 Å². The molecule has 6 nitrogen and oxygen atoms in total. The van der Waals surface area contributed by atoms with Crippen molar-refractivity contribution in [3.8, 4) is 5.75 Å². The minimum Gasteiger partial charge on any atom is -0.497 e. The van der Waals surface area contributed by atoms with Gasteiger partial charge in [0.15, 0.2) is 0 Å². The molecule has 4 rings (SSSR count). The highest BCUT2D eigenvalue weighted by molar-refractivity contribution is 5.95. The summed E-state index contributed by atoms with van der Waals surface area (Å²) in [5, 5.41) is 0. The largest absolute Gasteiger partial charge is 0.497 e. The zero-order valence-electron chi connectivity index (χ0n) is 20.4. The van der Waals surface area contributed by atoms with Crippen LogP contribution >= 0.6 is 0 Å². The second-order valence-electron chi connectivity index (χ2n) is 9.03. The molecule has 0 aliphatic carbocycles. The Labute approximate surface area is 205 Å². The number of hydrogen-bond acceptors (Lipinski definition) is 4. The molecule has 184 valence electrons. The summed E-state index contributed by atoms with van der Waals surface area (Å²) in [6.45, 7) is 2.90. The lowest BCUT2D eigenvalue weighted by Crippen LogP contribution is -2.48. The molecule has 1 saturated heterocycles. The number of nitrogens with zero attached hydrogens (tertiary/aromatic N) is 2. The third kappa shape index (κ3) is 5.39. The van der Waals surface area contributed by atoms with Gasteiger partial charge in [-0.25, -0.2) is 4.39 Å². The number of carbonyl (C=O) groups is 2. The van der Waals surface area contributed by atoms with Crippen LogP contribution in [0.1, 0.15) is 44.9 Å². The van der Waals surface area contributed by atoms with Crippen molar-refractivity contribution in [3.05, 3.63) is 89.1 Å². The van der Waals surface area contributed by atoms with E-state index >= 15 is 0 Å². The molecule has 0 saturated carbocycles. The molecule has 3 aromatic rings. The Bertz CT molecular complexity index is 1180. The second-order valence-corrected chi connectivity index (χ2v) is 9.03. The number of ether oxygens (including phenoxy) is 1. The van der Waals surface area contributed by atoms with Gasteiger partial charge >= 0.3 is 0 Å². The van der Waals surface area contributed by atoms with Crippen LogP contribution in [0.15, 0.2) is 65.3 Å². The number of likely N-dealkylation sites (N-methyl/N-ethyl adjacent to an activating group) is 1. The molecular formula is C28H31FN2O4. The highest BCUT2D eigenvalue weighted by Crippen LogP contribution is 2.29. The zero-order chi connectivity index (χ0) is 24.9. The van der Waals surface area contributed by atoms with Crippen LogP contribution < -0.4 is 4.74 Å². The Kier molecular flexibility index (Phi) is 7.54. The summed E-state index contributed by atoms with van der Waals surface area (Å²) >= 11 is 0. The fourth-order valence-corrected chi connectivity index (χ4v) is 4.88. The number of piperidine rings is 1. The van der Waals surface area contributed by atoms with Crippen molar-refractivity contribution in [2.24, 2.45) is 5.92 Å². The SMILES string of the molecule is COc1cccc(C(=O)N2CCC(C(Cc3ccccc3F)N(C)C(=O)c3ccoc3C)CC2)c1. The molecule has 1 atom stereocenters. The van der Waals surface area contributed by atoms with Gasteiger partial charge in [-0.3, -0.25) is 9.59 Å². The predicted molar refractivity (Wildman–Crippen MR) is 131 cm³/mol. The molecule has 0 radical (unpaired) electrons. The molecule has 2 heterocycles. The van der Waals surface area contributed by atoms with Crippen molar-refractivity contribution in [3.63, 3.8) is 0 Å². The Morgan fingerprint density at radius 1 is 1.14 bits per heavy atom. The van der Waals surface area contributed by atoms with Crippen LogP contribution in [-0.2, 0) is 6.42 Å². The summed E-state index contributed by atoms with van der Waals surface area (Å²) in [7, 11) is 3.35. The monoisotopic (exact) mass is 478 g/mol. The minimum atomic E-state index is -0.275. The van der Waals surface area contributed by atoms with Crippen molar-refractivity contribution >= 4 is 11.8 Å². The first-order chi connectivity index (χ1) is 16.9. The van der Waals surface area contributed by atoms with Gasteiger partial charge in [0.2, 0.25) is 0 Å². The molecule has 2 aromatic carbocycles. The molecule has 35 heavy (non-hydrogen) atoms. The first-order valence-corrected chi connectivity index (χ1v) is 11.9. The number of amides is 2. The zero-order valence-corrected chi connectivity index (χ0v) is 20.4. The molecule has 1 aliphatic heterocycles. The minimum absolute atomic E-state index is 0.0357. The molecule has 0 N–H and O–H groups in total. The van der Waals surface area contributed by atoms with E-state index < -0.39 is 0 Å². The van der Waals surface area contributed by atoms with Crippen molar-refractivity contribution < 1.29 is 23.1 Å². The summed E-state index contributed by atoms with van der Waals surface area (Å²) in [4.78, 5) is 29.9. The van der Waals surface area contributed by atoms with Crippen LogP contribution in [0.4, 0.5) is 4.39 Å². The molecule has 7 heteroatoms. The maximum Gasteiger partial charge on any atom is 0.257 e. The maximum atomic E-state index is 14.6. The topological polar surface area (TPSA) is 63.0 Å². The molecule has 1 unspecified atom stereocenters. The number of aryl methyl sites for hydroxylation is 1. The van der Waals surface area contributed by atoms with E-state index in [-0.39, 0.29) is 29.6 Å². The third-order valence-corrected chi connectivity index (χ3v) is 6.98. The van der Waals surface area contributed by atoms with Crippen LogP contribution in [0.2, 0.25) is 0 Å². The number of benzene rings is 2. The third-order valence-electron chi connectivity index (χ3n) is 6.98. The van der Waals surface area contributed by atoms with E-state index in [9.17, 15) is 14.0 Å². The summed E-state index contributed by atoms with van der Waals surface area (Å²) in [5.41, 5.74) is 1.68. The van der Waals surface area contributed by atoms with E-state index in [4.69, 9.17) is 9.15 Å². The van der Waals surface area contributed by atoms with Gasteiger partial charge in [0.05, 0.1) is 18.9 Å². The van der Waals surface area contributed by atoms with Gasteiger partial charge < -0.3 is 19.0 Å². The van der Waals surface area contributed by atoms with Gasteiger partial charge in [0.25, 0.3) is 11.8 Å². The van der Waals surface area contributed by atoms with E-state index in [1.54, 1.807) is 56.3 Å². The van der Waals surface area contributed by atoms with Crippen molar-refractivity contribution in [1.82, 2.24) is 9.80 Å². The molecule has 0 bridgehead atoms. The summed E-state index contributed by atoms with van der Waals surface area (Å²) in [6.07, 6.45) is 3.35. The number of hydrogen-bond donors (Lipinski definition) is 0. The lowest BCUT2D eigenvalue weighted by Gasteiger charge is -2.40. The van der Waals surface area contributed by atoms with Gasteiger partial charge in [0.1, 0.15) is 17.3 Å². The Balaban J connectivity index is 1.51. The van der Waals surface area contributed by atoms with Gasteiger partial charge in [0, 0.05) is 31.7 Å². The first-order valence-electron chi connectivity index (χ1n) is 11.9. The first kappa shape index (κ1) is 24.5. The number of rotatable bonds is 7. The number of methoxy groups -OCH3 is 1. The van der Waals surface area contributed by atoms with E-state index in [1.807, 2.05) is 23.1 Å². The number of furan rings is 1. The highest BCUT2D eigenvalue weighted by Gasteiger charge is 2.34. The van der Waals surface area contributed by atoms with Crippen LogP contribution in [0, 0.1) is 18.7 Å². The van der Waals surface area contributed by atoms with Crippen LogP contribution in [0.3, 0.4) is 0 Å². The van der Waals surface area contributed by atoms with E-state index in [0.29, 0.717) is 47.7 Å². The summed E-state index contributed by atoms with van der Waals surface area (Å²) in [6, 6.07) is 15.3. The Hall–Kier alpha value is -3.61. The van der Waals surface area contributed by atoms with Crippen molar-refractivity contribution in [1.29, 1.82) is 0 Å². The summed E-state index contributed by atoms with van der Waals surface area (Å²) in [5.74, 6) is 0.864. The normalized spacial score (nSPS) is 15.0. The standard InChI is InChI=1S/C28H31FN2O4/c1-19-24(13-16-35-19)28(33)30(2)26(18-21-7-4-5-10-25(21)29)20-11-14-31(15-12-20)27(32)22-8-6-9-23(17-22)34-3/h4-10,13,16-17,20,26H,11-12,14-15,18H2,1-3H3.